The highest BCUT2D eigenvalue weighted by Gasteiger charge is 2.16. The molecule has 5 aromatic carbocycles. The zero-order valence-corrected chi connectivity index (χ0v) is 24.3. The molecule has 9 rings (SSSR count). The van der Waals surface area contributed by atoms with Crippen molar-refractivity contribution in [2.45, 2.75) is 0 Å². The van der Waals surface area contributed by atoms with Crippen LogP contribution in [0.25, 0.3) is 89.9 Å². The first-order chi connectivity index (χ1) is 22.7. The van der Waals surface area contributed by atoms with Crippen molar-refractivity contribution in [3.8, 4) is 56.9 Å². The van der Waals surface area contributed by atoms with Crippen LogP contribution >= 0.6 is 0 Å². The van der Waals surface area contributed by atoms with E-state index in [2.05, 4.69) is 23.2 Å². The van der Waals surface area contributed by atoms with E-state index in [1.54, 1.807) is 6.20 Å². The minimum Gasteiger partial charge on any atom is -0.456 e. The second-order valence-electron chi connectivity index (χ2n) is 11.0. The molecule has 7 nitrogen and oxygen atoms in total. The molecule has 4 heterocycles. The van der Waals surface area contributed by atoms with Crippen molar-refractivity contribution >= 4 is 33.0 Å². The van der Waals surface area contributed by atoms with Crippen molar-refractivity contribution in [1.82, 2.24) is 24.9 Å². The highest BCUT2D eigenvalue weighted by Crippen LogP contribution is 2.36. The average molecular weight is 594 g/mol. The van der Waals surface area contributed by atoms with Crippen LogP contribution in [0.3, 0.4) is 0 Å². The molecule has 46 heavy (non-hydrogen) atoms. The van der Waals surface area contributed by atoms with E-state index in [0.29, 0.717) is 34.6 Å². The summed E-state index contributed by atoms with van der Waals surface area (Å²) in [5, 5.41) is 1.99. The summed E-state index contributed by atoms with van der Waals surface area (Å²) in [6.45, 7) is 0. The largest absolute Gasteiger partial charge is 0.456 e. The van der Waals surface area contributed by atoms with Crippen LogP contribution in [0.5, 0.6) is 0 Å². The van der Waals surface area contributed by atoms with Crippen LogP contribution in [-0.2, 0) is 0 Å². The quantitative estimate of drug-likeness (QED) is 0.196. The lowest BCUT2D eigenvalue weighted by Crippen LogP contribution is -2.00. The molecule has 0 aliphatic carbocycles. The van der Waals surface area contributed by atoms with Gasteiger partial charge in [-0.25, -0.2) is 19.9 Å². The topological polar surface area (TPSA) is 90.7 Å². The molecule has 4 aromatic heterocycles. The number of oxazole rings is 1. The Kier molecular flexibility index (Phi) is 5.99. The van der Waals surface area contributed by atoms with Gasteiger partial charge < -0.3 is 8.83 Å². The van der Waals surface area contributed by atoms with E-state index in [4.69, 9.17) is 28.8 Å². The van der Waals surface area contributed by atoms with Gasteiger partial charge in [0.1, 0.15) is 22.4 Å². The minimum atomic E-state index is 0.501. The summed E-state index contributed by atoms with van der Waals surface area (Å²) in [7, 11) is 0. The summed E-state index contributed by atoms with van der Waals surface area (Å²) < 4.78 is 12.2. The van der Waals surface area contributed by atoms with Crippen molar-refractivity contribution in [2.75, 3.05) is 0 Å². The molecule has 0 N–H and O–H groups in total. The van der Waals surface area contributed by atoms with Crippen LogP contribution < -0.4 is 0 Å². The molecule has 0 fully saturated rings. The number of benzene rings is 5. The Bertz CT molecular complexity index is 2470. The minimum absolute atomic E-state index is 0.501. The maximum absolute atomic E-state index is 6.26. The molecule has 216 valence electrons. The first kappa shape index (κ1) is 26.0. The summed E-state index contributed by atoms with van der Waals surface area (Å²) in [6.07, 6.45) is 1.73. The van der Waals surface area contributed by atoms with Crippen molar-refractivity contribution in [3.63, 3.8) is 0 Å². The number of hydrogen-bond donors (Lipinski definition) is 0. The smallest absolute Gasteiger partial charge is 0.246 e. The molecule has 0 unspecified atom stereocenters. The van der Waals surface area contributed by atoms with Gasteiger partial charge in [0.2, 0.25) is 5.89 Å². The van der Waals surface area contributed by atoms with Gasteiger partial charge in [-0.05, 0) is 65.7 Å². The summed E-state index contributed by atoms with van der Waals surface area (Å²) in [5.41, 5.74) is 8.60. The van der Waals surface area contributed by atoms with E-state index in [9.17, 15) is 0 Å². The van der Waals surface area contributed by atoms with E-state index in [1.165, 1.54) is 0 Å². The molecule has 0 bridgehead atoms. The Morgan fingerprint density at radius 2 is 0.935 bits per heavy atom. The summed E-state index contributed by atoms with van der Waals surface area (Å²) >= 11 is 0. The van der Waals surface area contributed by atoms with Crippen LogP contribution in [0.4, 0.5) is 0 Å². The zero-order chi connectivity index (χ0) is 30.5. The fourth-order valence-electron chi connectivity index (χ4n) is 5.74. The summed E-state index contributed by atoms with van der Waals surface area (Å²) in [6, 6.07) is 44.0. The Morgan fingerprint density at radius 1 is 0.391 bits per heavy atom. The van der Waals surface area contributed by atoms with Gasteiger partial charge >= 0.3 is 0 Å². The summed E-state index contributed by atoms with van der Waals surface area (Å²) in [5.74, 6) is 2.35. The van der Waals surface area contributed by atoms with Crippen molar-refractivity contribution < 1.29 is 8.83 Å². The molecular formula is C39H23N5O2. The first-order valence-corrected chi connectivity index (χ1v) is 14.9. The molecule has 0 saturated carbocycles. The van der Waals surface area contributed by atoms with Crippen molar-refractivity contribution in [1.29, 1.82) is 0 Å². The highest BCUT2D eigenvalue weighted by molar-refractivity contribution is 6.07. The number of fused-ring (bicyclic) bond motifs is 4. The molecule has 0 spiro atoms. The molecule has 0 aliphatic heterocycles. The zero-order valence-electron chi connectivity index (χ0n) is 24.3. The van der Waals surface area contributed by atoms with Gasteiger partial charge in [-0.15, -0.1) is 0 Å². The number of rotatable bonds is 5. The predicted molar refractivity (Wildman–Crippen MR) is 180 cm³/mol. The van der Waals surface area contributed by atoms with Gasteiger partial charge in [0.15, 0.2) is 23.1 Å². The number of furan rings is 1. The van der Waals surface area contributed by atoms with Crippen LogP contribution in [0.1, 0.15) is 0 Å². The first-order valence-electron chi connectivity index (χ1n) is 14.9. The fraction of sp³-hybridized carbons (Fsp3) is 0. The third-order valence-electron chi connectivity index (χ3n) is 8.03. The molecule has 0 atom stereocenters. The molecular weight excluding hydrogens is 570 g/mol. The average Bonchev–Trinajstić information content (AvgIpc) is 3.73. The van der Waals surface area contributed by atoms with E-state index in [1.807, 2.05) is 115 Å². The lowest BCUT2D eigenvalue weighted by Gasteiger charge is -2.08. The molecule has 0 amide bonds. The van der Waals surface area contributed by atoms with Gasteiger partial charge in [0.25, 0.3) is 0 Å². The maximum atomic E-state index is 6.26. The van der Waals surface area contributed by atoms with Crippen LogP contribution in [0.2, 0.25) is 0 Å². The molecule has 9 aromatic rings. The normalized spacial score (nSPS) is 11.5. The second-order valence-corrected chi connectivity index (χ2v) is 11.0. The van der Waals surface area contributed by atoms with Gasteiger partial charge in [0.05, 0.1) is 0 Å². The molecule has 0 radical (unpaired) electrons. The molecule has 0 saturated heterocycles. The lowest BCUT2D eigenvalue weighted by atomic mass is 10.0. The van der Waals surface area contributed by atoms with Crippen molar-refractivity contribution in [2.24, 2.45) is 0 Å². The third-order valence-corrected chi connectivity index (χ3v) is 8.03. The number of pyridine rings is 1. The van der Waals surface area contributed by atoms with Crippen LogP contribution in [0, 0.1) is 0 Å². The van der Waals surface area contributed by atoms with E-state index in [0.717, 1.165) is 55.3 Å². The predicted octanol–water partition coefficient (Wildman–Crippen LogP) is 9.64. The Morgan fingerprint density at radius 3 is 1.57 bits per heavy atom. The van der Waals surface area contributed by atoms with E-state index < -0.39 is 0 Å². The lowest BCUT2D eigenvalue weighted by molar-refractivity contribution is 0.617. The highest BCUT2D eigenvalue weighted by atomic mass is 16.3. The Balaban J connectivity index is 1.15. The van der Waals surface area contributed by atoms with Gasteiger partial charge in [-0.2, -0.15) is 0 Å². The van der Waals surface area contributed by atoms with Crippen LogP contribution in [-0.4, -0.2) is 24.9 Å². The van der Waals surface area contributed by atoms with Crippen LogP contribution in [0.15, 0.2) is 148 Å². The Hall–Kier alpha value is -6.47. The maximum Gasteiger partial charge on any atom is 0.246 e. The van der Waals surface area contributed by atoms with E-state index >= 15 is 0 Å². The fourth-order valence-corrected chi connectivity index (χ4v) is 5.74. The number of hydrogen-bond acceptors (Lipinski definition) is 7. The molecule has 7 heteroatoms. The Labute approximate surface area is 262 Å². The van der Waals surface area contributed by atoms with Gasteiger partial charge in [0, 0.05) is 33.7 Å². The third kappa shape index (κ3) is 4.58. The van der Waals surface area contributed by atoms with Gasteiger partial charge in [-0.3, -0.25) is 4.98 Å². The number of nitrogens with zero attached hydrogens (tertiary/aromatic N) is 5. The molecule has 0 aliphatic rings. The monoisotopic (exact) mass is 593 g/mol. The van der Waals surface area contributed by atoms with E-state index in [-0.39, 0.29) is 0 Å². The van der Waals surface area contributed by atoms with Crippen molar-refractivity contribution in [3.05, 3.63) is 140 Å². The summed E-state index contributed by atoms with van der Waals surface area (Å²) in [4.78, 5) is 23.7. The number of aromatic nitrogens is 5. The second kappa shape index (κ2) is 10.6. The SMILES string of the molecule is c1ccc(-c2nc(-c3ccccc3)nc(-c3ccc4oc5ccc(-c6ccc7oc(-c8ccccn8)nc7c6)cc5c4c3)n2)cc1. The van der Waals surface area contributed by atoms with Gasteiger partial charge in [-0.1, -0.05) is 78.9 Å². The standard InChI is InChI=1S/C39H23N5O2/c1-3-9-24(10-4-1)36-42-37(25-11-5-2-6-12-25)44-38(43-36)28-16-18-34-30(22-28)29-21-26(14-17-33(29)45-34)27-15-19-35-32(23-27)41-39(46-35)31-13-7-8-20-40-31/h1-23H.